The third kappa shape index (κ3) is 6.67. The second-order valence-corrected chi connectivity index (χ2v) is 12.4. The number of alkyl halides is 6. The minimum atomic E-state index is -5.25. The monoisotopic (exact) mass is 575 g/mol. The van der Waals surface area contributed by atoms with Crippen molar-refractivity contribution >= 4 is 20.0 Å². The lowest BCUT2D eigenvalue weighted by molar-refractivity contribution is -0.147. The van der Waals surface area contributed by atoms with Crippen molar-refractivity contribution in [2.24, 2.45) is 11.1 Å². The Balaban J connectivity index is 2.17. The second kappa shape index (κ2) is 10.2. The molecule has 1 saturated carbocycles. The lowest BCUT2D eigenvalue weighted by atomic mass is 9.89. The van der Waals surface area contributed by atoms with Crippen LogP contribution in [-0.2, 0) is 32.8 Å². The summed E-state index contributed by atoms with van der Waals surface area (Å²) in [5.74, 6) is 0.140. The van der Waals surface area contributed by atoms with E-state index in [0.29, 0.717) is 25.6 Å². The number of hydrogen-bond donors (Lipinski definition) is 2. The Morgan fingerprint density at radius 3 is 2.11 bits per heavy atom. The molecule has 15 heteroatoms. The fourth-order valence-corrected chi connectivity index (χ4v) is 6.75. The van der Waals surface area contributed by atoms with Crippen molar-refractivity contribution in [1.82, 2.24) is 9.29 Å². The summed E-state index contributed by atoms with van der Waals surface area (Å²) in [6.45, 7) is 2.25. The van der Waals surface area contributed by atoms with Crippen molar-refractivity contribution in [2.75, 3.05) is 0 Å². The van der Waals surface area contributed by atoms with Crippen LogP contribution in [0.4, 0.5) is 26.3 Å². The van der Waals surface area contributed by atoms with Gasteiger partial charge in [0.1, 0.15) is 10.9 Å². The summed E-state index contributed by atoms with van der Waals surface area (Å²) in [6, 6.07) is 0.549. The number of sulfonamides is 2. The first-order valence-corrected chi connectivity index (χ1v) is 14.4. The Kier molecular flexibility index (Phi) is 8.14. The van der Waals surface area contributed by atoms with E-state index in [0.717, 1.165) is 44.2 Å². The van der Waals surface area contributed by atoms with E-state index in [-0.39, 0.29) is 27.8 Å². The van der Waals surface area contributed by atoms with Gasteiger partial charge in [0.2, 0.25) is 20.0 Å². The molecular formula is C22H27F6N3O4S2. The molecule has 0 spiro atoms. The molecule has 3 rings (SSSR count). The minimum absolute atomic E-state index is 0.0677. The number of nitrogens with one attached hydrogen (secondary N) is 1. The normalized spacial score (nSPS) is 17.2. The van der Waals surface area contributed by atoms with Crippen LogP contribution in [0.3, 0.4) is 0 Å². The molecule has 0 amide bonds. The molecule has 208 valence electrons. The molecule has 1 atom stereocenters. The maximum atomic E-state index is 14.0. The van der Waals surface area contributed by atoms with Gasteiger partial charge in [-0.15, -0.1) is 0 Å². The topological polar surface area (TPSA) is 111 Å². The SMILES string of the molecule is Cc1c(S(N)(=O)=O)cc(-c2ccc(S(=O)(=O)N[C@H](C)C(F)(F)F)c(C(F)(F)F)c2)n1CC1CCCCC1. The van der Waals surface area contributed by atoms with Crippen LogP contribution in [0.1, 0.15) is 50.3 Å². The first-order valence-electron chi connectivity index (χ1n) is 11.4. The average Bonchev–Trinajstić information content (AvgIpc) is 3.09. The summed E-state index contributed by atoms with van der Waals surface area (Å²) >= 11 is 0. The zero-order valence-corrected chi connectivity index (χ0v) is 21.6. The molecule has 1 aromatic heterocycles. The molecule has 1 heterocycles. The molecule has 37 heavy (non-hydrogen) atoms. The molecule has 3 N–H and O–H groups in total. The van der Waals surface area contributed by atoms with Crippen molar-refractivity contribution in [3.63, 3.8) is 0 Å². The molecule has 0 aliphatic heterocycles. The smallest absolute Gasteiger partial charge is 0.343 e. The summed E-state index contributed by atoms with van der Waals surface area (Å²) in [5.41, 5.74) is -1.57. The van der Waals surface area contributed by atoms with Crippen molar-refractivity contribution in [3.05, 3.63) is 35.5 Å². The van der Waals surface area contributed by atoms with Gasteiger partial charge in [-0.3, -0.25) is 0 Å². The highest BCUT2D eigenvalue weighted by atomic mass is 32.2. The molecule has 0 radical (unpaired) electrons. The van der Waals surface area contributed by atoms with Gasteiger partial charge in [0, 0.05) is 17.9 Å². The predicted molar refractivity (Wildman–Crippen MR) is 123 cm³/mol. The van der Waals surface area contributed by atoms with Gasteiger partial charge in [0.25, 0.3) is 0 Å². The zero-order valence-electron chi connectivity index (χ0n) is 19.9. The number of benzene rings is 1. The number of rotatable bonds is 7. The first kappa shape index (κ1) is 29.5. The number of nitrogens with zero attached hydrogens (tertiary/aromatic N) is 1. The predicted octanol–water partition coefficient (Wildman–Crippen LogP) is 4.94. The van der Waals surface area contributed by atoms with E-state index in [2.05, 4.69) is 0 Å². The van der Waals surface area contributed by atoms with E-state index in [1.54, 1.807) is 4.57 Å². The summed E-state index contributed by atoms with van der Waals surface area (Å²) in [7, 11) is -9.46. The fourth-order valence-electron chi connectivity index (χ4n) is 4.52. The van der Waals surface area contributed by atoms with Crippen molar-refractivity contribution in [1.29, 1.82) is 0 Å². The first-order chi connectivity index (χ1) is 16.8. The van der Waals surface area contributed by atoms with Crippen LogP contribution in [0.25, 0.3) is 11.3 Å². The lowest BCUT2D eigenvalue weighted by Crippen LogP contribution is -2.43. The van der Waals surface area contributed by atoms with Crippen LogP contribution in [0.5, 0.6) is 0 Å². The Morgan fingerprint density at radius 2 is 1.59 bits per heavy atom. The highest BCUT2D eigenvalue weighted by molar-refractivity contribution is 7.89. The van der Waals surface area contributed by atoms with Crippen LogP contribution in [-0.4, -0.2) is 33.6 Å². The fraction of sp³-hybridized carbons (Fsp3) is 0.545. The number of aromatic nitrogens is 1. The van der Waals surface area contributed by atoms with Crippen LogP contribution in [0.2, 0.25) is 0 Å². The van der Waals surface area contributed by atoms with E-state index in [1.807, 2.05) is 0 Å². The van der Waals surface area contributed by atoms with Gasteiger partial charge in [-0.25, -0.2) is 22.0 Å². The molecule has 1 aromatic carbocycles. The highest BCUT2D eigenvalue weighted by Crippen LogP contribution is 2.39. The van der Waals surface area contributed by atoms with Crippen LogP contribution >= 0.6 is 0 Å². The molecule has 7 nitrogen and oxygen atoms in total. The third-order valence-electron chi connectivity index (χ3n) is 6.49. The standard InChI is InChI=1S/C22H27F6N3O4S2/c1-13-20(36(29,32)33)11-18(31(13)12-15-6-4-3-5-7-15)16-8-9-19(17(10-16)22(26,27)28)37(34,35)30-14(2)21(23,24)25/h8-11,14-15,30H,3-7,12H2,1-2H3,(H2,29,32,33)/t14-/m1/s1. The molecule has 0 bridgehead atoms. The average molecular weight is 576 g/mol. The van der Waals surface area contributed by atoms with Crippen LogP contribution in [0.15, 0.2) is 34.1 Å². The molecule has 1 aliphatic rings. The minimum Gasteiger partial charge on any atom is -0.343 e. The van der Waals surface area contributed by atoms with Crippen molar-refractivity contribution < 1.29 is 43.2 Å². The summed E-state index contributed by atoms with van der Waals surface area (Å²) in [6.07, 6.45) is -5.63. The molecule has 0 unspecified atom stereocenters. The van der Waals surface area contributed by atoms with Gasteiger partial charge in [-0.1, -0.05) is 25.3 Å². The van der Waals surface area contributed by atoms with Crippen molar-refractivity contribution in [3.8, 4) is 11.3 Å². The largest absolute Gasteiger partial charge is 0.417 e. The maximum Gasteiger partial charge on any atom is 0.417 e. The number of nitrogens with two attached hydrogens (primary N) is 1. The lowest BCUT2D eigenvalue weighted by Gasteiger charge is -2.24. The molecule has 0 saturated heterocycles. The third-order valence-corrected chi connectivity index (χ3v) is 9.11. The Labute approximate surface area is 211 Å². The zero-order chi connectivity index (χ0) is 28.0. The summed E-state index contributed by atoms with van der Waals surface area (Å²) in [4.78, 5) is -1.67. The summed E-state index contributed by atoms with van der Waals surface area (Å²) < 4.78 is 133. The molecule has 2 aromatic rings. The molecule has 1 fully saturated rings. The Morgan fingerprint density at radius 1 is 1.00 bits per heavy atom. The van der Waals surface area contributed by atoms with Gasteiger partial charge in [-0.05, 0) is 56.4 Å². The van der Waals surface area contributed by atoms with E-state index >= 15 is 0 Å². The summed E-state index contributed by atoms with van der Waals surface area (Å²) in [5, 5.41) is 5.31. The number of halogens is 6. The van der Waals surface area contributed by atoms with Crippen LogP contribution in [0, 0.1) is 12.8 Å². The highest BCUT2D eigenvalue weighted by Gasteiger charge is 2.42. The maximum absolute atomic E-state index is 14.0. The van der Waals surface area contributed by atoms with Crippen LogP contribution < -0.4 is 9.86 Å². The van der Waals surface area contributed by atoms with Gasteiger partial charge in [0.15, 0.2) is 0 Å². The van der Waals surface area contributed by atoms with Gasteiger partial charge in [0.05, 0.1) is 10.5 Å². The van der Waals surface area contributed by atoms with Gasteiger partial charge >= 0.3 is 12.4 Å². The van der Waals surface area contributed by atoms with Gasteiger partial charge < -0.3 is 4.57 Å². The van der Waals surface area contributed by atoms with Gasteiger partial charge in [-0.2, -0.15) is 31.1 Å². The molecule has 1 aliphatic carbocycles. The quantitative estimate of drug-likeness (QED) is 0.456. The Bertz CT molecular complexity index is 1360. The Hall–Kier alpha value is -2.10. The second-order valence-electron chi connectivity index (χ2n) is 9.23. The van der Waals surface area contributed by atoms with E-state index in [9.17, 15) is 43.2 Å². The van der Waals surface area contributed by atoms with E-state index in [1.165, 1.54) is 11.6 Å². The van der Waals surface area contributed by atoms with E-state index in [4.69, 9.17) is 5.14 Å². The molecular weight excluding hydrogens is 548 g/mol. The van der Waals surface area contributed by atoms with E-state index < -0.39 is 48.9 Å². The number of hydrogen-bond acceptors (Lipinski definition) is 4. The van der Waals surface area contributed by atoms with Crippen molar-refractivity contribution in [2.45, 2.75) is 80.7 Å². The number of primary sulfonamides is 1.